The topological polar surface area (TPSA) is 82.1 Å². The Hall–Kier alpha value is -2.55. The fourth-order valence-electron chi connectivity index (χ4n) is 3.99. The third kappa shape index (κ3) is 16.2. The zero-order chi connectivity index (χ0) is 31.7. The summed E-state index contributed by atoms with van der Waals surface area (Å²) in [4.78, 5) is 22.4. The average molecular weight is 602 g/mol. The molecule has 2 saturated carbocycles. The van der Waals surface area contributed by atoms with Crippen LogP contribution in [0.2, 0.25) is 10.8 Å². The monoisotopic (exact) mass is 601 g/mol. The molecular formula is C33H49BClNO6. The van der Waals surface area contributed by atoms with Gasteiger partial charge in [0.2, 0.25) is 0 Å². The molecular weight excluding hydrogens is 553 g/mol. The van der Waals surface area contributed by atoms with Crippen molar-refractivity contribution in [3.63, 3.8) is 0 Å². The fraction of sp³-hybridized carbons (Fsp3) is 0.545. The highest BCUT2D eigenvalue weighted by Gasteiger charge is 2.39. The molecule has 9 heteroatoms. The fourth-order valence-corrected chi connectivity index (χ4v) is 4.12. The van der Waals surface area contributed by atoms with E-state index in [0.717, 1.165) is 35.3 Å². The Morgan fingerprint density at radius 2 is 1.33 bits per heavy atom. The van der Waals surface area contributed by atoms with E-state index < -0.39 is 13.1 Å². The molecule has 0 aliphatic heterocycles. The highest BCUT2D eigenvalue weighted by molar-refractivity contribution is 6.48. The van der Waals surface area contributed by atoms with Gasteiger partial charge in [-0.25, -0.2) is 4.79 Å². The van der Waals surface area contributed by atoms with Gasteiger partial charge in [0, 0.05) is 24.8 Å². The number of carbonyl (C=O) groups excluding carboxylic acids is 2. The molecule has 0 saturated heterocycles. The summed E-state index contributed by atoms with van der Waals surface area (Å²) in [5.41, 5.74) is 1.22. The van der Waals surface area contributed by atoms with Gasteiger partial charge in [0.05, 0.1) is 0 Å². The first kappa shape index (κ1) is 35.7. The quantitative estimate of drug-likeness (QED) is 0.185. The van der Waals surface area contributed by atoms with E-state index >= 15 is 0 Å². The highest BCUT2D eigenvalue weighted by atomic mass is 35.5. The van der Waals surface area contributed by atoms with E-state index in [1.807, 2.05) is 45.0 Å². The van der Waals surface area contributed by atoms with E-state index in [9.17, 15) is 14.6 Å². The van der Waals surface area contributed by atoms with Gasteiger partial charge in [-0.05, 0) is 102 Å². The normalized spacial score (nSPS) is 16.0. The smallest absolute Gasteiger partial charge is 0.505 e. The van der Waals surface area contributed by atoms with Crippen molar-refractivity contribution >= 4 is 30.5 Å². The van der Waals surface area contributed by atoms with E-state index in [1.165, 1.54) is 25.3 Å². The second-order valence-corrected chi connectivity index (χ2v) is 14.0. The van der Waals surface area contributed by atoms with Gasteiger partial charge in [0.15, 0.2) is 12.3 Å². The average Bonchev–Trinajstić information content (AvgIpc) is 3.72. The number of likely N-dealkylation sites (N-methyl/N-ethyl adjacent to an activating group) is 1. The Labute approximate surface area is 258 Å². The Kier molecular flexibility index (Phi) is 13.0. The number of halogens is 1. The molecule has 2 aromatic rings. The summed E-state index contributed by atoms with van der Waals surface area (Å²) in [6, 6.07) is 15.9. The van der Waals surface area contributed by atoms with Crippen molar-refractivity contribution in [2.45, 2.75) is 97.1 Å². The number of quaternary nitrogens is 1. The molecule has 2 aromatic carbocycles. The maximum atomic E-state index is 11.4. The van der Waals surface area contributed by atoms with Crippen molar-refractivity contribution < 1.29 is 33.2 Å². The summed E-state index contributed by atoms with van der Waals surface area (Å²) < 4.78 is 16.2. The molecule has 0 radical (unpaired) electrons. The van der Waals surface area contributed by atoms with Gasteiger partial charge >= 0.3 is 13.1 Å². The molecule has 2 fully saturated rings. The lowest BCUT2D eigenvalue weighted by Crippen LogP contribution is -2.46. The van der Waals surface area contributed by atoms with Crippen molar-refractivity contribution in [2.75, 3.05) is 20.1 Å². The Balaban J connectivity index is 0.000000222. The van der Waals surface area contributed by atoms with Gasteiger partial charge in [-0.2, -0.15) is 0 Å². The molecule has 0 spiro atoms. The lowest BCUT2D eigenvalue weighted by molar-refractivity contribution is -0.850. The molecule has 2 aliphatic rings. The lowest BCUT2D eigenvalue weighted by atomic mass is 9.83. The molecule has 1 atom stereocenters. The minimum atomic E-state index is -0.996. The number of ketones is 1. The summed E-state index contributed by atoms with van der Waals surface area (Å²) in [5.74, 6) is 2.21. The summed E-state index contributed by atoms with van der Waals surface area (Å²) in [5, 5.41) is 10.1. The second kappa shape index (κ2) is 15.3. The van der Waals surface area contributed by atoms with Crippen molar-refractivity contribution in [2.24, 2.45) is 0 Å². The summed E-state index contributed by atoms with van der Waals surface area (Å²) in [7, 11) is 4.43. The number of Topliss-reactive ketones (excluding diaryl/α,β-unsaturated/α-hetero) is 1. The number of carbonyl (C=O) groups is 2. The van der Waals surface area contributed by atoms with Gasteiger partial charge in [-0.1, -0.05) is 36.6 Å². The maximum absolute atomic E-state index is 11.4. The molecule has 232 valence electrons. The zero-order valence-corrected chi connectivity index (χ0v) is 27.4. The SMILES string of the molecule is CC(C)(C)Oc1ccc(C2CC2)cc1.CC(C)(C)Oc1ccc(Cl)cc1.[CH2-][N+](C)(CC(C)=O)CC(=O)OB(O)C1CC1. The van der Waals surface area contributed by atoms with E-state index in [2.05, 4.69) is 52.1 Å². The summed E-state index contributed by atoms with van der Waals surface area (Å²) >= 11 is 5.73. The van der Waals surface area contributed by atoms with Crippen LogP contribution in [0.5, 0.6) is 11.5 Å². The van der Waals surface area contributed by atoms with Gasteiger partial charge in [-0.15, -0.1) is 7.05 Å². The molecule has 2 aliphatic carbocycles. The molecule has 0 aromatic heterocycles. The van der Waals surface area contributed by atoms with Crippen LogP contribution in [0.3, 0.4) is 0 Å². The first-order valence-electron chi connectivity index (χ1n) is 14.6. The van der Waals surface area contributed by atoms with Crippen molar-refractivity contribution in [1.29, 1.82) is 0 Å². The van der Waals surface area contributed by atoms with Crippen LogP contribution in [0, 0.1) is 7.05 Å². The van der Waals surface area contributed by atoms with Crippen LogP contribution in [0.25, 0.3) is 0 Å². The zero-order valence-electron chi connectivity index (χ0n) is 26.6. The molecule has 0 amide bonds. The van der Waals surface area contributed by atoms with Gasteiger partial charge in [0.25, 0.3) is 0 Å². The molecule has 0 heterocycles. The predicted molar refractivity (Wildman–Crippen MR) is 170 cm³/mol. The van der Waals surface area contributed by atoms with Crippen LogP contribution in [0.15, 0.2) is 48.5 Å². The Morgan fingerprint density at radius 3 is 1.71 bits per heavy atom. The minimum Gasteiger partial charge on any atom is -0.505 e. The van der Waals surface area contributed by atoms with Crippen molar-refractivity contribution in [1.82, 2.24) is 0 Å². The van der Waals surface area contributed by atoms with Gasteiger partial charge < -0.3 is 23.6 Å². The van der Waals surface area contributed by atoms with Gasteiger partial charge in [-0.3, -0.25) is 4.79 Å². The predicted octanol–water partition coefficient (Wildman–Crippen LogP) is 7.26. The number of rotatable bonds is 9. The largest absolute Gasteiger partial charge is 0.527 e. The van der Waals surface area contributed by atoms with Crippen molar-refractivity contribution in [3.05, 3.63) is 66.2 Å². The highest BCUT2D eigenvalue weighted by Crippen LogP contribution is 2.40. The number of benzene rings is 2. The van der Waals surface area contributed by atoms with Crippen molar-refractivity contribution in [3.8, 4) is 11.5 Å². The van der Waals surface area contributed by atoms with Crippen LogP contribution in [0.1, 0.15) is 85.6 Å². The third-order valence-corrected chi connectivity index (χ3v) is 6.24. The minimum absolute atomic E-state index is 0.00551. The van der Waals surface area contributed by atoms with E-state index in [0.29, 0.717) is 0 Å². The number of hydrogen-bond donors (Lipinski definition) is 1. The third-order valence-electron chi connectivity index (χ3n) is 5.98. The van der Waals surface area contributed by atoms with Crippen LogP contribution in [-0.2, 0) is 14.2 Å². The molecule has 1 N–H and O–H groups in total. The summed E-state index contributed by atoms with van der Waals surface area (Å²) in [6.07, 6.45) is 4.52. The Morgan fingerprint density at radius 1 is 0.881 bits per heavy atom. The number of ether oxygens (including phenoxy) is 2. The molecule has 1 unspecified atom stereocenters. The van der Waals surface area contributed by atoms with E-state index in [4.69, 9.17) is 25.7 Å². The first-order chi connectivity index (χ1) is 19.3. The van der Waals surface area contributed by atoms with Gasteiger partial charge in [0.1, 0.15) is 29.2 Å². The standard InChI is InChI=1S/C13H18O.C10H18BNO4.C10H13ClO/c1-13(2,3)14-12-8-6-11(7-9-12)10-4-5-10;1-8(13)6-12(2,3)7-10(14)16-11(15)9-4-5-9;1-10(2,3)12-9-6-4-8(11)5-7-9/h6-10H,4-5H2,1-3H3;9,15H,2,4-7H2,1,3H3;4-7H,1-3H3. The van der Waals surface area contributed by atoms with Crippen LogP contribution in [-0.4, -0.2) is 59.7 Å². The second-order valence-electron chi connectivity index (χ2n) is 13.6. The molecule has 42 heavy (non-hydrogen) atoms. The summed E-state index contributed by atoms with van der Waals surface area (Å²) in [6.45, 7) is 13.9. The van der Waals surface area contributed by atoms with Crippen LogP contribution >= 0.6 is 11.6 Å². The van der Waals surface area contributed by atoms with E-state index in [1.54, 1.807) is 7.05 Å². The Bertz CT molecular complexity index is 1130. The maximum Gasteiger partial charge on any atom is 0.527 e. The molecule has 7 nitrogen and oxygen atoms in total. The molecule has 0 bridgehead atoms. The molecule has 4 rings (SSSR count). The first-order valence-corrected chi connectivity index (χ1v) is 15.0. The van der Waals surface area contributed by atoms with E-state index in [-0.39, 0.29) is 40.4 Å². The number of hydrogen-bond acceptors (Lipinski definition) is 6. The van der Waals surface area contributed by atoms with Crippen LogP contribution < -0.4 is 9.47 Å². The lowest BCUT2D eigenvalue weighted by Gasteiger charge is -2.35. The van der Waals surface area contributed by atoms with Crippen LogP contribution in [0.4, 0.5) is 0 Å². The number of nitrogens with zero attached hydrogens (tertiary/aromatic N) is 1.